The predicted molar refractivity (Wildman–Crippen MR) is 121 cm³/mol. The number of piperidine rings is 1. The molecule has 3 rings (SSSR count). The molecule has 1 unspecified atom stereocenters. The van der Waals surface area contributed by atoms with Gasteiger partial charge in [0, 0.05) is 13.1 Å². The maximum absolute atomic E-state index is 5.72. The van der Waals surface area contributed by atoms with E-state index in [-0.39, 0.29) is 30.0 Å². The molecule has 28 heavy (non-hydrogen) atoms. The van der Waals surface area contributed by atoms with E-state index >= 15 is 0 Å². The molecule has 156 valence electrons. The SMILES string of the molecule is CCNC(=NCc1nc(C)c(C)o1)NCC(c1ccco1)N1CCCCC1.I. The Bertz CT molecular complexity index is 704. The molecule has 3 heterocycles. The maximum atomic E-state index is 5.72. The lowest BCUT2D eigenvalue weighted by molar-refractivity contribution is 0.146. The van der Waals surface area contributed by atoms with Crippen molar-refractivity contribution >= 4 is 29.9 Å². The summed E-state index contributed by atoms with van der Waals surface area (Å²) in [5, 5.41) is 6.76. The van der Waals surface area contributed by atoms with Crippen molar-refractivity contribution in [3.63, 3.8) is 0 Å². The van der Waals surface area contributed by atoms with Crippen molar-refractivity contribution in [3.05, 3.63) is 41.5 Å². The fourth-order valence-corrected chi connectivity index (χ4v) is 3.41. The second-order valence-electron chi connectivity index (χ2n) is 6.95. The van der Waals surface area contributed by atoms with Crippen LogP contribution in [-0.2, 0) is 6.54 Å². The zero-order valence-electron chi connectivity index (χ0n) is 17.0. The summed E-state index contributed by atoms with van der Waals surface area (Å²) in [4.78, 5) is 11.5. The Labute approximate surface area is 184 Å². The molecular weight excluding hydrogens is 469 g/mol. The molecule has 1 fully saturated rings. The second kappa shape index (κ2) is 11.5. The average Bonchev–Trinajstić information content (AvgIpc) is 3.31. The monoisotopic (exact) mass is 501 g/mol. The number of nitrogens with zero attached hydrogens (tertiary/aromatic N) is 3. The predicted octanol–water partition coefficient (Wildman–Crippen LogP) is 3.78. The summed E-state index contributed by atoms with van der Waals surface area (Å²) in [5.41, 5.74) is 0.918. The van der Waals surface area contributed by atoms with Gasteiger partial charge in [-0.2, -0.15) is 0 Å². The molecule has 0 aromatic carbocycles. The van der Waals surface area contributed by atoms with E-state index < -0.39 is 0 Å². The van der Waals surface area contributed by atoms with Crippen LogP contribution in [0.5, 0.6) is 0 Å². The molecule has 0 aliphatic carbocycles. The van der Waals surface area contributed by atoms with Crippen molar-refractivity contribution in [2.24, 2.45) is 4.99 Å². The van der Waals surface area contributed by atoms with Crippen molar-refractivity contribution in [2.75, 3.05) is 26.2 Å². The van der Waals surface area contributed by atoms with Gasteiger partial charge in [-0.05, 0) is 58.8 Å². The molecule has 2 aromatic rings. The number of furan rings is 1. The van der Waals surface area contributed by atoms with Crippen molar-refractivity contribution < 1.29 is 8.83 Å². The van der Waals surface area contributed by atoms with Gasteiger partial charge >= 0.3 is 0 Å². The standard InChI is InChI=1S/C20H31N5O2.HI/c1-4-21-20(23-14-19-24-15(2)16(3)27-19)22-13-17(18-9-8-12-26-18)25-10-6-5-7-11-25;/h8-9,12,17H,4-7,10-11,13-14H2,1-3H3,(H2,21,22,23);1H. The number of rotatable bonds is 7. The van der Waals surface area contributed by atoms with Gasteiger partial charge in [0.05, 0.1) is 18.0 Å². The molecule has 0 radical (unpaired) electrons. The first-order chi connectivity index (χ1) is 13.2. The molecule has 1 saturated heterocycles. The highest BCUT2D eigenvalue weighted by molar-refractivity contribution is 14.0. The van der Waals surface area contributed by atoms with Gasteiger partial charge in [0.15, 0.2) is 5.96 Å². The molecule has 2 aromatic heterocycles. The zero-order chi connectivity index (χ0) is 19.1. The zero-order valence-corrected chi connectivity index (χ0v) is 19.4. The van der Waals surface area contributed by atoms with Crippen molar-refractivity contribution in [3.8, 4) is 0 Å². The van der Waals surface area contributed by atoms with Gasteiger partial charge in [-0.25, -0.2) is 9.98 Å². The number of nitrogens with one attached hydrogen (secondary N) is 2. The molecular formula is C20H32IN5O2. The van der Waals surface area contributed by atoms with Crippen molar-refractivity contribution in [1.29, 1.82) is 0 Å². The van der Waals surface area contributed by atoms with Crippen LogP contribution in [0.15, 0.2) is 32.2 Å². The van der Waals surface area contributed by atoms with Gasteiger partial charge in [-0.1, -0.05) is 6.42 Å². The van der Waals surface area contributed by atoms with Gasteiger partial charge in [0.25, 0.3) is 0 Å². The lowest BCUT2D eigenvalue weighted by atomic mass is 10.1. The third-order valence-corrected chi connectivity index (χ3v) is 4.96. The molecule has 0 amide bonds. The van der Waals surface area contributed by atoms with E-state index in [2.05, 4.69) is 38.5 Å². The normalized spacial score (nSPS) is 16.5. The van der Waals surface area contributed by atoms with E-state index in [1.807, 2.05) is 19.9 Å². The van der Waals surface area contributed by atoms with E-state index in [1.54, 1.807) is 6.26 Å². The number of aromatic nitrogens is 1. The van der Waals surface area contributed by atoms with Gasteiger partial charge in [-0.3, -0.25) is 4.90 Å². The second-order valence-corrected chi connectivity index (χ2v) is 6.95. The quantitative estimate of drug-likeness (QED) is 0.342. The Kier molecular flexibility index (Phi) is 9.30. The van der Waals surface area contributed by atoms with Gasteiger partial charge in [0.2, 0.25) is 5.89 Å². The fraction of sp³-hybridized carbons (Fsp3) is 0.600. The van der Waals surface area contributed by atoms with E-state index in [0.29, 0.717) is 12.4 Å². The van der Waals surface area contributed by atoms with Gasteiger partial charge in [0.1, 0.15) is 18.1 Å². The molecule has 7 nitrogen and oxygen atoms in total. The van der Waals surface area contributed by atoms with Crippen LogP contribution in [0, 0.1) is 13.8 Å². The molecule has 0 saturated carbocycles. The minimum atomic E-state index is 0. The van der Waals surface area contributed by atoms with Crippen LogP contribution in [-0.4, -0.2) is 42.0 Å². The van der Waals surface area contributed by atoms with Crippen LogP contribution in [0.3, 0.4) is 0 Å². The van der Waals surface area contributed by atoms with Crippen LogP contribution in [0.25, 0.3) is 0 Å². The topological polar surface area (TPSA) is 78.8 Å². The number of hydrogen-bond acceptors (Lipinski definition) is 5. The first-order valence-electron chi connectivity index (χ1n) is 9.90. The number of halogens is 1. The van der Waals surface area contributed by atoms with Crippen LogP contribution < -0.4 is 10.6 Å². The minimum absolute atomic E-state index is 0. The summed E-state index contributed by atoms with van der Waals surface area (Å²) in [5.74, 6) is 3.25. The molecule has 0 spiro atoms. The molecule has 2 N–H and O–H groups in total. The summed E-state index contributed by atoms with van der Waals surface area (Å²) < 4.78 is 11.3. The van der Waals surface area contributed by atoms with Crippen LogP contribution >= 0.6 is 24.0 Å². The number of aryl methyl sites for hydroxylation is 2. The Morgan fingerprint density at radius 1 is 1.25 bits per heavy atom. The van der Waals surface area contributed by atoms with E-state index in [4.69, 9.17) is 8.83 Å². The lowest BCUT2D eigenvalue weighted by Gasteiger charge is -2.33. The first-order valence-corrected chi connectivity index (χ1v) is 9.90. The average molecular weight is 501 g/mol. The highest BCUT2D eigenvalue weighted by Gasteiger charge is 2.24. The number of guanidine groups is 1. The summed E-state index contributed by atoms with van der Waals surface area (Å²) in [6.07, 6.45) is 5.55. The van der Waals surface area contributed by atoms with Crippen LogP contribution in [0.2, 0.25) is 0 Å². The third-order valence-electron chi connectivity index (χ3n) is 4.96. The fourth-order valence-electron chi connectivity index (χ4n) is 3.41. The largest absolute Gasteiger partial charge is 0.468 e. The summed E-state index contributed by atoms with van der Waals surface area (Å²) in [6, 6.07) is 4.22. The molecule has 0 bridgehead atoms. The summed E-state index contributed by atoms with van der Waals surface area (Å²) >= 11 is 0. The van der Waals surface area contributed by atoms with Crippen molar-refractivity contribution in [2.45, 2.75) is 52.6 Å². The van der Waals surface area contributed by atoms with Crippen molar-refractivity contribution in [1.82, 2.24) is 20.5 Å². The first kappa shape index (κ1) is 22.7. The number of oxazole rings is 1. The van der Waals surface area contributed by atoms with E-state index in [1.165, 1.54) is 19.3 Å². The van der Waals surface area contributed by atoms with Gasteiger partial charge in [-0.15, -0.1) is 24.0 Å². The number of hydrogen-bond donors (Lipinski definition) is 2. The number of aliphatic imine (C=N–C) groups is 1. The van der Waals surface area contributed by atoms with E-state index in [9.17, 15) is 0 Å². The Hall–Kier alpha value is -1.55. The van der Waals surface area contributed by atoms with Crippen LogP contribution in [0.4, 0.5) is 0 Å². The smallest absolute Gasteiger partial charge is 0.216 e. The molecule has 1 aliphatic rings. The van der Waals surface area contributed by atoms with E-state index in [0.717, 1.165) is 49.4 Å². The van der Waals surface area contributed by atoms with Gasteiger partial charge < -0.3 is 19.5 Å². The highest BCUT2D eigenvalue weighted by Crippen LogP contribution is 2.24. The third kappa shape index (κ3) is 6.23. The Balaban J connectivity index is 0.00000280. The molecule has 1 aliphatic heterocycles. The maximum Gasteiger partial charge on any atom is 0.216 e. The minimum Gasteiger partial charge on any atom is -0.468 e. The molecule has 8 heteroatoms. The summed E-state index contributed by atoms with van der Waals surface area (Å²) in [7, 11) is 0. The summed E-state index contributed by atoms with van der Waals surface area (Å²) in [6.45, 7) is 10.1. The lowest BCUT2D eigenvalue weighted by Crippen LogP contribution is -2.44. The Morgan fingerprint density at radius 2 is 2.04 bits per heavy atom. The Morgan fingerprint density at radius 3 is 2.64 bits per heavy atom. The molecule has 1 atom stereocenters. The van der Waals surface area contributed by atoms with Crippen LogP contribution in [0.1, 0.15) is 55.3 Å². The number of likely N-dealkylation sites (tertiary alicyclic amines) is 1. The highest BCUT2D eigenvalue weighted by atomic mass is 127.